The Bertz CT molecular complexity index is 1530. The van der Waals surface area contributed by atoms with Crippen LogP contribution in [0, 0.1) is 0 Å². The number of amides is 1. The summed E-state index contributed by atoms with van der Waals surface area (Å²) < 4.78 is 3.17. The first kappa shape index (κ1) is 20.1. The van der Waals surface area contributed by atoms with Gasteiger partial charge in [0.2, 0.25) is 5.91 Å². The zero-order chi connectivity index (χ0) is 22.4. The van der Waals surface area contributed by atoms with E-state index in [0.717, 1.165) is 46.6 Å². The number of hydrogen-bond donors (Lipinski definition) is 1. The molecule has 0 spiro atoms. The summed E-state index contributed by atoms with van der Waals surface area (Å²) in [5.41, 5.74) is 3.65. The number of carbonyl (C=O) groups excluding carboxylic acids is 1. The highest BCUT2D eigenvalue weighted by Gasteiger charge is 2.24. The van der Waals surface area contributed by atoms with Gasteiger partial charge in [-0.3, -0.25) is 14.2 Å². The second-order valence-electron chi connectivity index (χ2n) is 7.91. The van der Waals surface area contributed by atoms with Crippen molar-refractivity contribution in [3.63, 3.8) is 0 Å². The molecule has 0 aliphatic heterocycles. The van der Waals surface area contributed by atoms with Crippen molar-refractivity contribution in [3.05, 3.63) is 81.2 Å². The van der Waals surface area contributed by atoms with Gasteiger partial charge in [-0.1, -0.05) is 24.3 Å². The molecular formula is C24H19N5O2S2. The molecule has 0 bridgehead atoms. The Morgan fingerprint density at radius 3 is 2.79 bits per heavy atom. The van der Waals surface area contributed by atoms with Crippen molar-refractivity contribution in [2.45, 2.75) is 25.8 Å². The summed E-state index contributed by atoms with van der Waals surface area (Å²) in [5.74, 6) is 0.411. The van der Waals surface area contributed by atoms with Gasteiger partial charge in [-0.05, 0) is 42.8 Å². The Labute approximate surface area is 197 Å². The van der Waals surface area contributed by atoms with Crippen LogP contribution < -0.4 is 10.9 Å². The van der Waals surface area contributed by atoms with Gasteiger partial charge < -0.3 is 5.32 Å². The van der Waals surface area contributed by atoms with E-state index >= 15 is 0 Å². The number of anilines is 1. The molecule has 1 aliphatic rings. The number of fused-ring (bicyclic) bond motifs is 2. The maximum absolute atomic E-state index is 13.3. The van der Waals surface area contributed by atoms with E-state index in [4.69, 9.17) is 5.10 Å². The first-order chi connectivity index (χ1) is 16.2. The number of nitrogens with zero attached hydrogens (tertiary/aromatic N) is 4. The van der Waals surface area contributed by atoms with Crippen molar-refractivity contribution in [3.8, 4) is 16.1 Å². The number of aryl methyl sites for hydroxylation is 1. The molecule has 6 rings (SSSR count). The van der Waals surface area contributed by atoms with Crippen LogP contribution >= 0.6 is 22.7 Å². The second-order valence-corrected chi connectivity index (χ2v) is 9.71. The summed E-state index contributed by atoms with van der Waals surface area (Å²) in [6.07, 6.45) is 4.27. The Balaban J connectivity index is 1.33. The van der Waals surface area contributed by atoms with Crippen molar-refractivity contribution < 1.29 is 4.79 Å². The number of rotatable bonds is 5. The maximum atomic E-state index is 13.3. The van der Waals surface area contributed by atoms with Crippen LogP contribution in [0.4, 0.5) is 5.82 Å². The van der Waals surface area contributed by atoms with Crippen LogP contribution in [0.1, 0.15) is 17.7 Å². The number of benzene rings is 1. The molecule has 0 fully saturated rings. The van der Waals surface area contributed by atoms with Gasteiger partial charge in [0.05, 0.1) is 23.1 Å². The molecule has 9 heteroatoms. The lowest BCUT2D eigenvalue weighted by molar-refractivity contribution is -0.116. The quantitative estimate of drug-likeness (QED) is 0.408. The number of carbonyl (C=O) groups is 1. The van der Waals surface area contributed by atoms with Gasteiger partial charge in [0.15, 0.2) is 0 Å². The molecule has 0 saturated heterocycles. The Hall–Kier alpha value is -3.56. The van der Waals surface area contributed by atoms with E-state index in [0.29, 0.717) is 16.0 Å². The summed E-state index contributed by atoms with van der Waals surface area (Å²) in [4.78, 5) is 32.5. The van der Waals surface area contributed by atoms with Crippen LogP contribution in [0.5, 0.6) is 0 Å². The molecule has 5 aromatic rings. The number of aromatic nitrogens is 4. The lowest BCUT2D eigenvalue weighted by Gasteiger charge is -2.12. The molecule has 33 heavy (non-hydrogen) atoms. The van der Waals surface area contributed by atoms with E-state index in [1.807, 2.05) is 53.2 Å². The SMILES string of the molecule is O=C(Cn1cnc2scc(-c3cccs3)c2c1=O)Nc1c2c(nn1-c1ccccc1)CCC2. The van der Waals surface area contributed by atoms with E-state index in [2.05, 4.69) is 10.3 Å². The minimum Gasteiger partial charge on any atom is -0.309 e. The van der Waals surface area contributed by atoms with Gasteiger partial charge in [-0.15, -0.1) is 22.7 Å². The molecule has 1 aromatic carbocycles. The summed E-state index contributed by atoms with van der Waals surface area (Å²) in [6, 6.07) is 13.7. The van der Waals surface area contributed by atoms with Crippen molar-refractivity contribution in [1.82, 2.24) is 19.3 Å². The molecule has 0 atom stereocenters. The highest BCUT2D eigenvalue weighted by Crippen LogP contribution is 2.33. The van der Waals surface area contributed by atoms with Crippen molar-refractivity contribution in [1.29, 1.82) is 0 Å². The molecule has 0 saturated carbocycles. The van der Waals surface area contributed by atoms with Gasteiger partial charge in [-0.2, -0.15) is 5.10 Å². The predicted octanol–water partition coefficient (Wildman–Crippen LogP) is 4.50. The third-order valence-electron chi connectivity index (χ3n) is 5.83. The normalized spacial score (nSPS) is 12.8. The largest absolute Gasteiger partial charge is 0.309 e. The Morgan fingerprint density at radius 2 is 1.97 bits per heavy atom. The number of para-hydroxylation sites is 1. The highest BCUT2D eigenvalue weighted by molar-refractivity contribution is 7.18. The van der Waals surface area contributed by atoms with Crippen LogP contribution in [0.2, 0.25) is 0 Å². The smallest absolute Gasteiger partial charge is 0.263 e. The summed E-state index contributed by atoms with van der Waals surface area (Å²) in [7, 11) is 0. The van der Waals surface area contributed by atoms with Gasteiger partial charge in [0, 0.05) is 21.4 Å². The molecule has 1 N–H and O–H groups in total. The van der Waals surface area contributed by atoms with Gasteiger partial charge in [-0.25, -0.2) is 9.67 Å². The second kappa shape index (κ2) is 8.09. The third-order valence-corrected chi connectivity index (χ3v) is 7.62. The maximum Gasteiger partial charge on any atom is 0.263 e. The van der Waals surface area contributed by atoms with Crippen molar-refractivity contribution in [2.24, 2.45) is 0 Å². The molecular weight excluding hydrogens is 454 g/mol. The fraction of sp³-hybridized carbons (Fsp3) is 0.167. The van der Waals surface area contributed by atoms with Crippen LogP contribution in [-0.4, -0.2) is 25.2 Å². The molecule has 164 valence electrons. The van der Waals surface area contributed by atoms with E-state index in [9.17, 15) is 9.59 Å². The monoisotopic (exact) mass is 473 g/mol. The van der Waals surface area contributed by atoms with Crippen LogP contribution in [0.15, 0.2) is 64.3 Å². The van der Waals surface area contributed by atoms with Crippen molar-refractivity contribution in [2.75, 3.05) is 5.32 Å². The predicted molar refractivity (Wildman–Crippen MR) is 131 cm³/mol. The lowest BCUT2D eigenvalue weighted by atomic mass is 10.2. The minimum atomic E-state index is -0.280. The average Bonchev–Trinajstić information content (AvgIpc) is 3.61. The molecule has 0 unspecified atom stereocenters. The number of thiophene rings is 2. The molecule has 1 amide bonds. The summed E-state index contributed by atoms with van der Waals surface area (Å²) in [5, 5.41) is 12.3. The van der Waals surface area contributed by atoms with E-state index in [1.165, 1.54) is 22.2 Å². The molecule has 4 aromatic heterocycles. The molecule has 0 radical (unpaired) electrons. The third kappa shape index (κ3) is 3.49. The van der Waals surface area contributed by atoms with Crippen LogP contribution in [0.25, 0.3) is 26.3 Å². The fourth-order valence-corrected chi connectivity index (χ4v) is 6.02. The van der Waals surface area contributed by atoms with Crippen LogP contribution in [0.3, 0.4) is 0 Å². The summed E-state index contributed by atoms with van der Waals surface area (Å²) >= 11 is 3.02. The minimum absolute atomic E-state index is 0.115. The topological polar surface area (TPSA) is 81.8 Å². The molecule has 1 aliphatic carbocycles. The van der Waals surface area contributed by atoms with E-state index < -0.39 is 0 Å². The average molecular weight is 474 g/mol. The van der Waals surface area contributed by atoms with E-state index in [-0.39, 0.29) is 18.0 Å². The number of hydrogen-bond acceptors (Lipinski definition) is 6. The Kier molecular flexibility index (Phi) is 4.92. The van der Waals surface area contributed by atoms with E-state index in [1.54, 1.807) is 16.0 Å². The fourth-order valence-electron chi connectivity index (χ4n) is 4.30. The highest BCUT2D eigenvalue weighted by atomic mass is 32.1. The summed E-state index contributed by atoms with van der Waals surface area (Å²) in [6.45, 7) is -0.115. The van der Waals surface area contributed by atoms with Gasteiger partial charge in [0.25, 0.3) is 5.56 Å². The first-order valence-corrected chi connectivity index (χ1v) is 12.4. The van der Waals surface area contributed by atoms with Gasteiger partial charge in [0.1, 0.15) is 17.2 Å². The zero-order valence-electron chi connectivity index (χ0n) is 17.5. The van der Waals surface area contributed by atoms with Gasteiger partial charge >= 0.3 is 0 Å². The zero-order valence-corrected chi connectivity index (χ0v) is 19.2. The standard InChI is InChI=1S/C24H19N5O2S2/c30-20(26-22-16-8-4-9-18(16)27-29(22)15-6-2-1-3-7-15)12-28-14-25-23-21(24(28)31)17(13-33-23)19-10-5-11-32-19/h1-3,5-7,10-11,13-14H,4,8-9,12H2,(H,26,30). The van der Waals surface area contributed by atoms with Crippen molar-refractivity contribution >= 4 is 44.6 Å². The number of nitrogens with one attached hydrogen (secondary N) is 1. The molecule has 7 nitrogen and oxygen atoms in total. The molecule has 4 heterocycles. The first-order valence-electron chi connectivity index (χ1n) is 10.7. The Morgan fingerprint density at radius 1 is 1.09 bits per heavy atom. The lowest BCUT2D eigenvalue weighted by Crippen LogP contribution is -2.28. The van der Waals surface area contributed by atoms with Crippen LogP contribution in [-0.2, 0) is 24.2 Å².